The second kappa shape index (κ2) is 6.17. The maximum Gasteiger partial charge on any atom is 0.242 e. The number of benzene rings is 1. The van der Waals surface area contributed by atoms with E-state index in [0.717, 1.165) is 24.5 Å². The van der Waals surface area contributed by atoms with E-state index in [9.17, 15) is 4.79 Å². The van der Waals surface area contributed by atoms with Crippen molar-refractivity contribution >= 4 is 5.91 Å². The Bertz CT molecular complexity index is 417. The van der Waals surface area contributed by atoms with Gasteiger partial charge in [0.15, 0.2) is 0 Å². The molecule has 1 aliphatic rings. The van der Waals surface area contributed by atoms with Gasteiger partial charge in [-0.25, -0.2) is 0 Å². The van der Waals surface area contributed by atoms with E-state index < -0.39 is 11.4 Å². The van der Waals surface area contributed by atoms with Crippen molar-refractivity contribution in [1.29, 1.82) is 0 Å². The zero-order valence-corrected chi connectivity index (χ0v) is 11.2. The summed E-state index contributed by atoms with van der Waals surface area (Å²) in [6.45, 7) is 1.20. The molecule has 0 aromatic heterocycles. The third-order valence-electron chi connectivity index (χ3n) is 3.74. The van der Waals surface area contributed by atoms with Crippen LogP contribution in [0.1, 0.15) is 31.2 Å². The molecule has 4 heteroatoms. The van der Waals surface area contributed by atoms with Gasteiger partial charge in [-0.2, -0.15) is 0 Å². The molecule has 2 rings (SSSR count). The number of carbonyl (C=O) groups is 1. The predicted molar refractivity (Wildman–Crippen MR) is 74.3 cm³/mol. The molecule has 0 saturated heterocycles. The summed E-state index contributed by atoms with van der Waals surface area (Å²) in [7, 11) is 0. The summed E-state index contributed by atoms with van der Waals surface area (Å²) in [6, 6.07) is 9.25. The summed E-state index contributed by atoms with van der Waals surface area (Å²) in [5.41, 5.74) is 11.2. The van der Waals surface area contributed by atoms with Gasteiger partial charge in [0.2, 0.25) is 5.91 Å². The molecule has 1 unspecified atom stereocenters. The van der Waals surface area contributed by atoms with Crippen molar-refractivity contribution in [2.24, 2.45) is 17.4 Å². The number of carbonyl (C=O) groups excluding carboxylic acids is 1. The Morgan fingerprint density at radius 3 is 2.53 bits per heavy atom. The average Bonchev–Trinajstić information content (AvgIpc) is 3.23. The zero-order valence-electron chi connectivity index (χ0n) is 11.2. The van der Waals surface area contributed by atoms with Gasteiger partial charge in [0.25, 0.3) is 0 Å². The summed E-state index contributed by atoms with van der Waals surface area (Å²) in [6.07, 6.45) is 4.18. The lowest BCUT2D eigenvalue weighted by atomic mass is 9.87. The number of amides is 1. The van der Waals surface area contributed by atoms with Gasteiger partial charge < -0.3 is 16.2 Å². The van der Waals surface area contributed by atoms with Gasteiger partial charge in [-0.15, -0.1) is 0 Å². The highest BCUT2D eigenvalue weighted by Gasteiger charge is 2.33. The number of hydrogen-bond acceptors (Lipinski definition) is 3. The van der Waals surface area contributed by atoms with Crippen LogP contribution in [0, 0.1) is 5.92 Å². The fraction of sp³-hybridized carbons (Fsp3) is 0.533. The number of nitrogens with two attached hydrogens (primary N) is 2. The molecule has 1 fully saturated rings. The first-order valence-electron chi connectivity index (χ1n) is 6.85. The van der Waals surface area contributed by atoms with Crippen LogP contribution in [-0.4, -0.2) is 19.1 Å². The SMILES string of the molecule is NC(=O)C(N)(CCOCCC1CC1)c1ccccc1. The molecule has 0 bridgehead atoms. The third kappa shape index (κ3) is 3.78. The van der Waals surface area contributed by atoms with Crippen LogP contribution < -0.4 is 11.5 Å². The molecule has 1 aromatic rings. The highest BCUT2D eigenvalue weighted by Crippen LogP contribution is 2.32. The first-order valence-corrected chi connectivity index (χ1v) is 6.85. The van der Waals surface area contributed by atoms with Crippen molar-refractivity contribution < 1.29 is 9.53 Å². The highest BCUT2D eigenvalue weighted by atomic mass is 16.5. The monoisotopic (exact) mass is 262 g/mol. The van der Waals surface area contributed by atoms with Crippen LogP contribution >= 0.6 is 0 Å². The fourth-order valence-corrected chi connectivity index (χ4v) is 2.14. The van der Waals surface area contributed by atoms with Crippen molar-refractivity contribution in [3.8, 4) is 0 Å². The van der Waals surface area contributed by atoms with E-state index in [-0.39, 0.29) is 0 Å². The molecule has 4 N–H and O–H groups in total. The normalized spacial score (nSPS) is 17.9. The number of ether oxygens (including phenoxy) is 1. The predicted octanol–water partition coefficient (Wildman–Crippen LogP) is 1.53. The minimum absolute atomic E-state index is 0.414. The molecular weight excluding hydrogens is 240 g/mol. The van der Waals surface area contributed by atoms with Crippen LogP contribution in [0.4, 0.5) is 0 Å². The van der Waals surface area contributed by atoms with Crippen molar-refractivity contribution in [3.63, 3.8) is 0 Å². The van der Waals surface area contributed by atoms with Crippen molar-refractivity contribution in [1.82, 2.24) is 0 Å². The lowest BCUT2D eigenvalue weighted by Gasteiger charge is -2.26. The Morgan fingerprint density at radius 1 is 1.26 bits per heavy atom. The van der Waals surface area contributed by atoms with E-state index in [2.05, 4.69) is 0 Å². The minimum Gasteiger partial charge on any atom is -0.381 e. The summed E-state index contributed by atoms with van der Waals surface area (Å²) in [5, 5.41) is 0. The summed E-state index contributed by atoms with van der Waals surface area (Å²) in [5.74, 6) is 0.345. The Labute approximate surface area is 114 Å². The number of rotatable bonds is 8. The van der Waals surface area contributed by atoms with E-state index in [0.29, 0.717) is 13.0 Å². The molecule has 0 spiro atoms. The summed E-state index contributed by atoms with van der Waals surface area (Å²) in [4.78, 5) is 11.6. The zero-order chi connectivity index (χ0) is 13.7. The standard InChI is InChI=1S/C15H22N2O2/c16-14(18)15(17,13-4-2-1-3-5-13)9-11-19-10-8-12-6-7-12/h1-5,12H,6-11,17H2,(H2,16,18). The van der Waals surface area contributed by atoms with Crippen LogP contribution in [0.15, 0.2) is 30.3 Å². The summed E-state index contributed by atoms with van der Waals surface area (Å²) < 4.78 is 5.56. The average molecular weight is 262 g/mol. The molecule has 4 nitrogen and oxygen atoms in total. The topological polar surface area (TPSA) is 78.3 Å². The van der Waals surface area contributed by atoms with E-state index in [1.54, 1.807) is 0 Å². The Morgan fingerprint density at radius 2 is 1.95 bits per heavy atom. The molecule has 0 heterocycles. The van der Waals surface area contributed by atoms with Crippen molar-refractivity contribution in [2.75, 3.05) is 13.2 Å². The van der Waals surface area contributed by atoms with Gasteiger partial charge >= 0.3 is 0 Å². The van der Waals surface area contributed by atoms with E-state index >= 15 is 0 Å². The quantitative estimate of drug-likeness (QED) is 0.697. The van der Waals surface area contributed by atoms with Crippen molar-refractivity contribution in [3.05, 3.63) is 35.9 Å². The second-order valence-electron chi connectivity index (χ2n) is 5.30. The van der Waals surface area contributed by atoms with Gasteiger partial charge in [-0.1, -0.05) is 43.2 Å². The van der Waals surface area contributed by atoms with Crippen LogP contribution in [0.25, 0.3) is 0 Å². The van der Waals surface area contributed by atoms with Crippen LogP contribution in [0.2, 0.25) is 0 Å². The van der Waals surface area contributed by atoms with E-state index in [1.807, 2.05) is 30.3 Å². The molecule has 1 aliphatic carbocycles. The largest absolute Gasteiger partial charge is 0.381 e. The van der Waals surface area contributed by atoms with Gasteiger partial charge in [0, 0.05) is 19.6 Å². The smallest absolute Gasteiger partial charge is 0.242 e. The molecule has 0 radical (unpaired) electrons. The molecule has 1 saturated carbocycles. The van der Waals surface area contributed by atoms with Gasteiger partial charge in [0.05, 0.1) is 0 Å². The molecule has 1 aromatic carbocycles. The number of primary amides is 1. The third-order valence-corrected chi connectivity index (χ3v) is 3.74. The first kappa shape index (κ1) is 14.0. The van der Waals surface area contributed by atoms with Crippen LogP contribution in [-0.2, 0) is 15.1 Å². The Hall–Kier alpha value is -1.39. The van der Waals surface area contributed by atoms with Gasteiger partial charge in [-0.3, -0.25) is 4.79 Å². The van der Waals surface area contributed by atoms with Crippen LogP contribution in [0.5, 0.6) is 0 Å². The fourth-order valence-electron chi connectivity index (χ4n) is 2.14. The maximum absolute atomic E-state index is 11.6. The molecule has 104 valence electrons. The molecule has 1 amide bonds. The molecule has 0 aliphatic heterocycles. The maximum atomic E-state index is 11.6. The van der Waals surface area contributed by atoms with Crippen LogP contribution in [0.3, 0.4) is 0 Å². The lowest BCUT2D eigenvalue weighted by Crippen LogP contribution is -2.49. The van der Waals surface area contributed by atoms with Gasteiger partial charge in [0.1, 0.15) is 5.54 Å². The van der Waals surface area contributed by atoms with Gasteiger partial charge in [-0.05, 0) is 17.9 Å². The Kier molecular flexibility index (Phi) is 4.56. The molecule has 19 heavy (non-hydrogen) atoms. The molecular formula is C15H22N2O2. The van der Waals surface area contributed by atoms with E-state index in [1.165, 1.54) is 12.8 Å². The molecule has 1 atom stereocenters. The second-order valence-corrected chi connectivity index (χ2v) is 5.30. The lowest BCUT2D eigenvalue weighted by molar-refractivity contribution is -0.124. The highest BCUT2D eigenvalue weighted by molar-refractivity contribution is 5.85. The number of hydrogen-bond donors (Lipinski definition) is 2. The minimum atomic E-state index is -1.14. The Balaban J connectivity index is 1.86. The summed E-state index contributed by atoms with van der Waals surface area (Å²) >= 11 is 0. The van der Waals surface area contributed by atoms with Crippen molar-refractivity contribution in [2.45, 2.75) is 31.2 Å². The van der Waals surface area contributed by atoms with E-state index in [4.69, 9.17) is 16.2 Å². The first-order chi connectivity index (χ1) is 9.13.